The van der Waals surface area contributed by atoms with Crippen LogP contribution in [0.2, 0.25) is 0 Å². The summed E-state index contributed by atoms with van der Waals surface area (Å²) in [5.74, 6) is 1.24. The number of ether oxygens (including phenoxy) is 4. The summed E-state index contributed by atoms with van der Waals surface area (Å²) < 4.78 is 20.8. The van der Waals surface area contributed by atoms with Crippen LogP contribution >= 0.6 is 0 Å². The molecule has 0 aliphatic carbocycles. The van der Waals surface area contributed by atoms with Crippen LogP contribution in [0.4, 0.5) is 5.69 Å². The molecular formula is C24H27NO8. The molecule has 2 aromatic carbocycles. The highest BCUT2D eigenvalue weighted by atomic mass is 16.6. The molecule has 0 spiro atoms. The summed E-state index contributed by atoms with van der Waals surface area (Å²) in [6.45, 7) is 10.4. The van der Waals surface area contributed by atoms with E-state index in [9.17, 15) is 19.7 Å². The third kappa shape index (κ3) is 7.80. The van der Waals surface area contributed by atoms with Crippen LogP contribution in [0.5, 0.6) is 23.0 Å². The standard InChI is InChI=1S/C12H13NO5.C12H14O3/c1-4-5-18-12-7-10(13(15)16)9(8(2)14)6-11(12)17-3;1-4-7-15-11-6-5-10(9(2)13)8-12(11)14-3/h4,6-7H,1,5H2,2-3H3;4-6,8H,1,7H2,2-3H3. The van der Waals surface area contributed by atoms with Gasteiger partial charge < -0.3 is 18.9 Å². The zero-order chi connectivity index (χ0) is 25.0. The van der Waals surface area contributed by atoms with E-state index >= 15 is 0 Å². The van der Waals surface area contributed by atoms with Crippen molar-refractivity contribution in [2.45, 2.75) is 13.8 Å². The molecule has 9 heteroatoms. The first kappa shape index (κ1) is 26.9. The Balaban J connectivity index is 0.000000335. The number of rotatable bonds is 11. The smallest absolute Gasteiger partial charge is 0.284 e. The highest BCUT2D eigenvalue weighted by Gasteiger charge is 2.22. The Kier molecular flexibility index (Phi) is 10.8. The zero-order valence-corrected chi connectivity index (χ0v) is 19.1. The fourth-order valence-corrected chi connectivity index (χ4v) is 2.56. The van der Waals surface area contributed by atoms with Gasteiger partial charge in [0.2, 0.25) is 0 Å². The number of nitrogens with zero attached hydrogens (tertiary/aromatic N) is 1. The van der Waals surface area contributed by atoms with Crippen molar-refractivity contribution >= 4 is 17.3 Å². The molecule has 9 nitrogen and oxygen atoms in total. The van der Waals surface area contributed by atoms with Gasteiger partial charge in [-0.25, -0.2) is 0 Å². The van der Waals surface area contributed by atoms with Crippen LogP contribution in [0.15, 0.2) is 55.6 Å². The Morgan fingerprint density at radius 3 is 1.88 bits per heavy atom. The van der Waals surface area contributed by atoms with Gasteiger partial charge in [-0.1, -0.05) is 25.3 Å². The molecular weight excluding hydrogens is 430 g/mol. The van der Waals surface area contributed by atoms with Crippen LogP contribution in [0.25, 0.3) is 0 Å². The summed E-state index contributed by atoms with van der Waals surface area (Å²) in [5, 5.41) is 10.9. The Morgan fingerprint density at radius 1 is 0.879 bits per heavy atom. The second kappa shape index (κ2) is 13.3. The highest BCUT2D eigenvalue weighted by Crippen LogP contribution is 2.35. The fourth-order valence-electron chi connectivity index (χ4n) is 2.56. The van der Waals surface area contributed by atoms with Crippen molar-refractivity contribution in [3.63, 3.8) is 0 Å². The minimum Gasteiger partial charge on any atom is -0.493 e. The van der Waals surface area contributed by atoms with Gasteiger partial charge in [-0.2, -0.15) is 0 Å². The Hall–Kier alpha value is -4.14. The van der Waals surface area contributed by atoms with Crippen LogP contribution in [0, 0.1) is 10.1 Å². The van der Waals surface area contributed by atoms with E-state index in [0.717, 1.165) is 0 Å². The minimum atomic E-state index is -0.628. The zero-order valence-electron chi connectivity index (χ0n) is 19.1. The van der Waals surface area contributed by atoms with Gasteiger partial charge in [-0.15, -0.1) is 0 Å². The lowest BCUT2D eigenvalue weighted by molar-refractivity contribution is -0.385. The van der Waals surface area contributed by atoms with Crippen molar-refractivity contribution in [3.8, 4) is 23.0 Å². The van der Waals surface area contributed by atoms with Crippen molar-refractivity contribution in [2.75, 3.05) is 27.4 Å². The van der Waals surface area contributed by atoms with Gasteiger partial charge in [0.1, 0.15) is 13.2 Å². The normalized spacial score (nSPS) is 9.58. The van der Waals surface area contributed by atoms with Gasteiger partial charge >= 0.3 is 0 Å². The number of Topliss-reactive ketones (excluding diaryl/α,β-unsaturated/α-hetero) is 2. The predicted molar refractivity (Wildman–Crippen MR) is 124 cm³/mol. The van der Waals surface area contributed by atoms with Crippen LogP contribution in [-0.2, 0) is 0 Å². The van der Waals surface area contributed by atoms with Crippen LogP contribution in [0.3, 0.4) is 0 Å². The molecule has 33 heavy (non-hydrogen) atoms. The summed E-state index contributed by atoms with van der Waals surface area (Å²) in [6.07, 6.45) is 3.16. The third-order valence-electron chi connectivity index (χ3n) is 4.14. The summed E-state index contributed by atoms with van der Waals surface area (Å²) >= 11 is 0. The van der Waals surface area contributed by atoms with E-state index in [1.165, 1.54) is 39.2 Å². The van der Waals surface area contributed by atoms with E-state index in [0.29, 0.717) is 23.7 Å². The predicted octanol–water partition coefficient (Wildman–Crippen LogP) is 4.83. The number of hydrogen-bond donors (Lipinski definition) is 0. The number of hydrogen-bond acceptors (Lipinski definition) is 8. The number of methoxy groups -OCH3 is 2. The Morgan fingerprint density at radius 2 is 1.42 bits per heavy atom. The number of carbonyl (C=O) groups excluding carboxylic acids is 2. The lowest BCUT2D eigenvalue weighted by Crippen LogP contribution is -2.04. The second-order valence-corrected chi connectivity index (χ2v) is 6.45. The van der Waals surface area contributed by atoms with E-state index in [1.54, 1.807) is 31.4 Å². The number of carbonyl (C=O) groups is 2. The van der Waals surface area contributed by atoms with Gasteiger partial charge in [-0.3, -0.25) is 19.7 Å². The van der Waals surface area contributed by atoms with Gasteiger partial charge in [0.05, 0.1) is 30.8 Å². The average molecular weight is 457 g/mol. The molecule has 2 aromatic rings. The van der Waals surface area contributed by atoms with Crippen LogP contribution in [-0.4, -0.2) is 43.9 Å². The largest absolute Gasteiger partial charge is 0.493 e. The molecule has 0 aliphatic heterocycles. The molecule has 176 valence electrons. The van der Waals surface area contributed by atoms with Crippen LogP contribution in [0.1, 0.15) is 34.6 Å². The Bertz CT molecular complexity index is 1030. The SMILES string of the molecule is C=CCOc1cc([N+](=O)[O-])c(C(C)=O)cc1OC.C=CCOc1ccc(C(C)=O)cc1OC. The maximum absolute atomic E-state index is 11.3. The molecule has 0 saturated heterocycles. The first-order valence-electron chi connectivity index (χ1n) is 9.73. The molecule has 0 heterocycles. The van der Waals surface area contributed by atoms with E-state index in [-0.39, 0.29) is 35.1 Å². The van der Waals surface area contributed by atoms with Gasteiger partial charge in [0, 0.05) is 11.6 Å². The molecule has 0 radical (unpaired) electrons. The minimum absolute atomic E-state index is 0.00331. The number of nitro groups is 1. The van der Waals surface area contributed by atoms with E-state index in [2.05, 4.69) is 13.2 Å². The van der Waals surface area contributed by atoms with Crippen molar-refractivity contribution in [1.82, 2.24) is 0 Å². The van der Waals surface area contributed by atoms with Crippen molar-refractivity contribution in [1.29, 1.82) is 0 Å². The average Bonchev–Trinajstić information content (AvgIpc) is 2.80. The van der Waals surface area contributed by atoms with E-state index < -0.39 is 10.7 Å². The quantitative estimate of drug-likeness (QED) is 0.204. The highest BCUT2D eigenvalue weighted by molar-refractivity contribution is 5.99. The molecule has 0 amide bonds. The first-order valence-corrected chi connectivity index (χ1v) is 9.73. The monoisotopic (exact) mass is 457 g/mol. The maximum atomic E-state index is 11.3. The number of benzene rings is 2. The fraction of sp³-hybridized carbons (Fsp3) is 0.250. The second-order valence-electron chi connectivity index (χ2n) is 6.45. The van der Waals surface area contributed by atoms with E-state index in [1.807, 2.05) is 0 Å². The third-order valence-corrected chi connectivity index (χ3v) is 4.14. The maximum Gasteiger partial charge on any atom is 0.284 e. The first-order chi connectivity index (χ1) is 15.7. The van der Waals surface area contributed by atoms with Crippen molar-refractivity contribution in [2.24, 2.45) is 0 Å². The summed E-state index contributed by atoms with van der Waals surface area (Å²) in [6, 6.07) is 7.58. The lowest BCUT2D eigenvalue weighted by Gasteiger charge is -2.10. The molecule has 0 fully saturated rings. The summed E-state index contributed by atoms with van der Waals surface area (Å²) in [5.41, 5.74) is 0.294. The number of ketones is 2. The van der Waals surface area contributed by atoms with Crippen LogP contribution < -0.4 is 18.9 Å². The van der Waals surface area contributed by atoms with Gasteiger partial charge in [-0.05, 0) is 32.0 Å². The molecule has 0 saturated carbocycles. The topological polar surface area (TPSA) is 114 Å². The van der Waals surface area contributed by atoms with Crippen molar-refractivity contribution < 1.29 is 33.5 Å². The molecule has 0 bridgehead atoms. The molecule has 0 unspecified atom stereocenters. The summed E-state index contributed by atoms with van der Waals surface area (Å²) in [4.78, 5) is 32.7. The lowest BCUT2D eigenvalue weighted by atomic mass is 10.1. The number of nitro benzene ring substituents is 1. The molecule has 0 aliphatic rings. The Labute approximate surface area is 192 Å². The molecule has 2 rings (SSSR count). The van der Waals surface area contributed by atoms with Gasteiger partial charge in [0.15, 0.2) is 34.6 Å². The van der Waals surface area contributed by atoms with Crippen molar-refractivity contribution in [3.05, 3.63) is 76.9 Å². The van der Waals surface area contributed by atoms with Gasteiger partial charge in [0.25, 0.3) is 5.69 Å². The molecule has 0 atom stereocenters. The summed E-state index contributed by atoms with van der Waals surface area (Å²) in [7, 11) is 2.94. The molecule has 0 aromatic heterocycles. The van der Waals surface area contributed by atoms with E-state index in [4.69, 9.17) is 18.9 Å². The molecule has 0 N–H and O–H groups in total.